The maximum atomic E-state index is 14.8. The van der Waals surface area contributed by atoms with Gasteiger partial charge in [0.15, 0.2) is 0 Å². The van der Waals surface area contributed by atoms with E-state index in [0.717, 1.165) is 12.8 Å². The quantitative estimate of drug-likeness (QED) is 0.445. The SMILES string of the molecule is O=C(N[C@H]1C[C@@H](C(=O)Nc2ccc(-n3ccccc3=O)cc2F)C[C@@H]1OCC1CC1)c1ccc(Cl)s1. The van der Waals surface area contributed by atoms with Crippen LogP contribution in [0.2, 0.25) is 4.34 Å². The molecule has 2 heterocycles. The largest absolute Gasteiger partial charge is 0.376 e. The molecule has 0 radical (unpaired) electrons. The molecule has 10 heteroatoms. The Labute approximate surface area is 216 Å². The summed E-state index contributed by atoms with van der Waals surface area (Å²) in [6.07, 6.45) is 4.31. The molecule has 1 aromatic carbocycles. The van der Waals surface area contributed by atoms with E-state index in [1.807, 2.05) is 0 Å². The number of amides is 2. The number of rotatable bonds is 8. The lowest BCUT2D eigenvalue weighted by atomic mass is 10.1. The van der Waals surface area contributed by atoms with Crippen molar-refractivity contribution in [3.63, 3.8) is 0 Å². The summed E-state index contributed by atoms with van der Waals surface area (Å²) in [5.74, 6) is -1.15. The first-order valence-electron chi connectivity index (χ1n) is 11.8. The third-order valence-corrected chi connectivity index (χ3v) is 7.77. The fourth-order valence-electron chi connectivity index (χ4n) is 4.40. The van der Waals surface area contributed by atoms with Gasteiger partial charge in [0.1, 0.15) is 5.82 Å². The maximum Gasteiger partial charge on any atom is 0.261 e. The summed E-state index contributed by atoms with van der Waals surface area (Å²) >= 11 is 7.15. The number of carbonyl (C=O) groups is 2. The van der Waals surface area contributed by atoms with E-state index in [9.17, 15) is 18.8 Å². The van der Waals surface area contributed by atoms with Crippen LogP contribution in [0.5, 0.6) is 0 Å². The zero-order valence-corrected chi connectivity index (χ0v) is 20.9. The number of halogens is 2. The van der Waals surface area contributed by atoms with Crippen LogP contribution in [0.3, 0.4) is 0 Å². The van der Waals surface area contributed by atoms with Gasteiger partial charge in [0.05, 0.1) is 32.7 Å². The van der Waals surface area contributed by atoms with Gasteiger partial charge < -0.3 is 15.4 Å². The van der Waals surface area contributed by atoms with E-state index in [4.69, 9.17) is 16.3 Å². The molecule has 7 nitrogen and oxygen atoms in total. The summed E-state index contributed by atoms with van der Waals surface area (Å²) in [5.41, 5.74) is 0.112. The molecule has 0 spiro atoms. The van der Waals surface area contributed by atoms with Gasteiger partial charge in [-0.2, -0.15) is 0 Å². The predicted molar refractivity (Wildman–Crippen MR) is 136 cm³/mol. The van der Waals surface area contributed by atoms with E-state index in [1.165, 1.54) is 34.1 Å². The number of thiophene rings is 1. The standard InChI is InChI=1S/C26H25ClFN3O4S/c27-23-9-8-22(36-23)26(34)30-20-11-16(12-21(20)35-14-15-4-5-15)25(33)29-19-7-6-17(13-18(19)28)31-10-2-1-3-24(31)32/h1-3,6-10,13,15-16,20-21H,4-5,11-12,14H2,(H,29,33)(H,30,34)/t16-,20+,21+/m1/s1. The first-order chi connectivity index (χ1) is 17.4. The van der Waals surface area contributed by atoms with Crippen LogP contribution in [-0.2, 0) is 9.53 Å². The Morgan fingerprint density at radius 3 is 2.67 bits per heavy atom. The minimum Gasteiger partial charge on any atom is -0.376 e. The monoisotopic (exact) mass is 529 g/mol. The molecule has 3 atom stereocenters. The number of benzene rings is 1. The van der Waals surface area contributed by atoms with Gasteiger partial charge in [-0.05, 0) is 61.9 Å². The van der Waals surface area contributed by atoms with Gasteiger partial charge in [-0.1, -0.05) is 17.7 Å². The lowest BCUT2D eigenvalue weighted by Gasteiger charge is -2.21. The summed E-state index contributed by atoms with van der Waals surface area (Å²) < 4.78 is 22.8. The number of hydrogen-bond acceptors (Lipinski definition) is 5. The summed E-state index contributed by atoms with van der Waals surface area (Å²) in [7, 11) is 0. The Hall–Kier alpha value is -3.01. The molecule has 0 unspecified atom stereocenters. The van der Waals surface area contributed by atoms with Crippen LogP contribution in [0.4, 0.5) is 10.1 Å². The van der Waals surface area contributed by atoms with Gasteiger partial charge in [0.2, 0.25) is 5.91 Å². The summed E-state index contributed by atoms with van der Waals surface area (Å²) in [4.78, 5) is 38.3. The third kappa shape index (κ3) is 5.69. The van der Waals surface area contributed by atoms with Crippen molar-refractivity contribution in [2.75, 3.05) is 11.9 Å². The number of nitrogens with zero attached hydrogens (tertiary/aromatic N) is 1. The molecular weight excluding hydrogens is 505 g/mol. The fraction of sp³-hybridized carbons (Fsp3) is 0.346. The summed E-state index contributed by atoms with van der Waals surface area (Å²) in [6.45, 7) is 0.602. The van der Waals surface area contributed by atoms with Gasteiger partial charge in [0.25, 0.3) is 11.5 Å². The van der Waals surface area contributed by atoms with Crippen molar-refractivity contribution in [1.29, 1.82) is 0 Å². The molecule has 2 amide bonds. The molecule has 2 aliphatic carbocycles. The molecule has 2 N–H and O–H groups in total. The number of pyridine rings is 1. The smallest absolute Gasteiger partial charge is 0.261 e. The lowest BCUT2D eigenvalue weighted by Crippen LogP contribution is -2.41. The molecule has 36 heavy (non-hydrogen) atoms. The van der Waals surface area contributed by atoms with E-state index in [-0.39, 0.29) is 35.2 Å². The second kappa shape index (κ2) is 10.5. The first kappa shape index (κ1) is 24.7. The molecule has 0 saturated heterocycles. The highest BCUT2D eigenvalue weighted by Crippen LogP contribution is 2.34. The highest BCUT2D eigenvalue weighted by Gasteiger charge is 2.40. The molecule has 2 fully saturated rings. The summed E-state index contributed by atoms with van der Waals surface area (Å²) in [6, 6.07) is 11.9. The van der Waals surface area contributed by atoms with E-state index < -0.39 is 11.7 Å². The summed E-state index contributed by atoms with van der Waals surface area (Å²) in [5, 5.41) is 5.66. The number of anilines is 1. The Bertz CT molecular complexity index is 1340. The van der Waals surface area contributed by atoms with Crippen LogP contribution >= 0.6 is 22.9 Å². The predicted octanol–water partition coefficient (Wildman–Crippen LogP) is 4.63. The number of hydrogen-bond donors (Lipinski definition) is 2. The van der Waals surface area contributed by atoms with Crippen LogP contribution in [0.15, 0.2) is 59.5 Å². The van der Waals surface area contributed by atoms with Gasteiger partial charge in [0, 0.05) is 30.9 Å². The van der Waals surface area contributed by atoms with Gasteiger partial charge >= 0.3 is 0 Å². The van der Waals surface area contributed by atoms with Gasteiger partial charge in [-0.15, -0.1) is 11.3 Å². The minimum absolute atomic E-state index is 0.0314. The third-order valence-electron chi connectivity index (χ3n) is 6.54. The number of carbonyl (C=O) groups excluding carboxylic acids is 2. The van der Waals surface area contributed by atoms with Crippen LogP contribution in [0.25, 0.3) is 5.69 Å². The van der Waals surface area contributed by atoms with Crippen LogP contribution < -0.4 is 16.2 Å². The minimum atomic E-state index is -0.643. The Balaban J connectivity index is 1.26. The zero-order chi connectivity index (χ0) is 25.2. The molecule has 2 saturated carbocycles. The second-order valence-electron chi connectivity index (χ2n) is 9.23. The van der Waals surface area contributed by atoms with Crippen molar-refractivity contribution in [2.24, 2.45) is 11.8 Å². The Morgan fingerprint density at radius 1 is 1.14 bits per heavy atom. The normalized spacial score (nSPS) is 21.3. The highest BCUT2D eigenvalue weighted by atomic mass is 35.5. The molecule has 0 bridgehead atoms. The van der Waals surface area contributed by atoms with E-state index in [0.29, 0.717) is 40.3 Å². The van der Waals surface area contributed by atoms with Crippen molar-refractivity contribution < 1.29 is 18.7 Å². The molecule has 2 aliphatic rings. The van der Waals surface area contributed by atoms with E-state index >= 15 is 0 Å². The average Bonchev–Trinajstić information content (AvgIpc) is 3.45. The van der Waals surface area contributed by atoms with Crippen molar-refractivity contribution in [2.45, 2.75) is 37.8 Å². The van der Waals surface area contributed by atoms with Gasteiger partial charge in [-0.25, -0.2) is 4.39 Å². The molecule has 0 aliphatic heterocycles. The van der Waals surface area contributed by atoms with Crippen molar-refractivity contribution in [3.05, 3.63) is 80.1 Å². The van der Waals surface area contributed by atoms with Crippen molar-refractivity contribution in [3.8, 4) is 5.69 Å². The Morgan fingerprint density at radius 2 is 1.97 bits per heavy atom. The van der Waals surface area contributed by atoms with E-state index in [1.54, 1.807) is 36.5 Å². The topological polar surface area (TPSA) is 89.4 Å². The molecule has 2 aromatic heterocycles. The van der Waals surface area contributed by atoms with Crippen LogP contribution in [0.1, 0.15) is 35.4 Å². The number of aromatic nitrogens is 1. The molecule has 188 valence electrons. The van der Waals surface area contributed by atoms with E-state index in [2.05, 4.69) is 10.6 Å². The van der Waals surface area contributed by atoms with Crippen LogP contribution in [0, 0.1) is 17.7 Å². The average molecular weight is 530 g/mol. The fourth-order valence-corrected chi connectivity index (χ4v) is 5.35. The first-order valence-corrected chi connectivity index (χ1v) is 13.0. The lowest BCUT2D eigenvalue weighted by molar-refractivity contribution is -0.120. The van der Waals surface area contributed by atoms with Crippen LogP contribution in [-0.4, -0.2) is 35.1 Å². The molecule has 3 aromatic rings. The molecule has 5 rings (SSSR count). The maximum absolute atomic E-state index is 14.8. The number of ether oxygens (including phenoxy) is 1. The number of nitrogens with one attached hydrogen (secondary N) is 2. The van der Waals surface area contributed by atoms with Crippen molar-refractivity contribution >= 4 is 40.4 Å². The van der Waals surface area contributed by atoms with Crippen molar-refractivity contribution in [1.82, 2.24) is 9.88 Å². The van der Waals surface area contributed by atoms with Gasteiger partial charge in [-0.3, -0.25) is 19.0 Å². The highest BCUT2D eigenvalue weighted by molar-refractivity contribution is 7.18. The zero-order valence-electron chi connectivity index (χ0n) is 19.3. The Kier molecular flexibility index (Phi) is 7.22. The molecular formula is C26H25ClFN3O4S. The second-order valence-corrected chi connectivity index (χ2v) is 10.9.